The van der Waals surface area contributed by atoms with E-state index in [0.29, 0.717) is 15.7 Å². The molecule has 1 aromatic heterocycles. The summed E-state index contributed by atoms with van der Waals surface area (Å²) in [7, 11) is 1.70. The van der Waals surface area contributed by atoms with Crippen LogP contribution >= 0.6 is 27.5 Å². The molecule has 2 aromatic rings. The molecule has 22 heavy (non-hydrogen) atoms. The first kappa shape index (κ1) is 17.0. The average Bonchev–Trinajstić information content (AvgIpc) is 2.75. The van der Waals surface area contributed by atoms with Crippen molar-refractivity contribution in [2.75, 3.05) is 6.61 Å². The number of rotatable bonds is 4. The van der Waals surface area contributed by atoms with Crippen molar-refractivity contribution in [3.63, 3.8) is 0 Å². The monoisotopic (exact) mass is 388 g/mol. The molecule has 0 aliphatic rings. The molecule has 0 spiro atoms. The number of halogens is 3. The van der Waals surface area contributed by atoms with E-state index in [4.69, 9.17) is 16.3 Å². The molecule has 4 nitrogen and oxygen atoms in total. The van der Waals surface area contributed by atoms with Gasteiger partial charge in [-0.25, -0.2) is 9.18 Å². The summed E-state index contributed by atoms with van der Waals surface area (Å²) >= 11 is 9.65. The number of carbonyl (C=O) groups is 1. The second-order valence-electron chi connectivity index (χ2n) is 4.72. The van der Waals surface area contributed by atoms with Gasteiger partial charge in [-0.1, -0.05) is 22.0 Å². The zero-order chi connectivity index (χ0) is 16.4. The molecule has 1 unspecified atom stereocenters. The summed E-state index contributed by atoms with van der Waals surface area (Å²) in [6.07, 6.45) is 0. The number of hydrogen-bond acceptors (Lipinski definition) is 3. The molecular formula is C15H15BrClFN2O2. The highest BCUT2D eigenvalue weighted by Gasteiger charge is 2.28. The van der Waals surface area contributed by atoms with Crippen molar-refractivity contribution in [1.29, 1.82) is 0 Å². The quantitative estimate of drug-likeness (QED) is 0.583. The minimum atomic E-state index is -0.832. The van der Waals surface area contributed by atoms with Crippen LogP contribution in [-0.4, -0.2) is 22.4 Å². The molecule has 0 fully saturated rings. The summed E-state index contributed by atoms with van der Waals surface area (Å²) in [6, 6.07) is 4.61. The van der Waals surface area contributed by atoms with Crippen LogP contribution in [0, 0.1) is 12.7 Å². The molecule has 0 N–H and O–H groups in total. The number of nitrogens with zero attached hydrogens (tertiary/aromatic N) is 2. The molecule has 1 heterocycles. The smallest absolute Gasteiger partial charge is 0.359 e. The van der Waals surface area contributed by atoms with Gasteiger partial charge in [-0.3, -0.25) is 4.68 Å². The van der Waals surface area contributed by atoms with Gasteiger partial charge in [-0.05, 0) is 26.0 Å². The maximum atomic E-state index is 14.1. The van der Waals surface area contributed by atoms with Gasteiger partial charge in [0.25, 0.3) is 0 Å². The lowest BCUT2D eigenvalue weighted by molar-refractivity contribution is 0.0517. The highest BCUT2D eigenvalue weighted by molar-refractivity contribution is 9.10. The summed E-state index contributed by atoms with van der Waals surface area (Å²) < 4.78 is 21.3. The molecule has 0 saturated heterocycles. The second-order valence-corrected chi connectivity index (χ2v) is 6.07. The first-order chi connectivity index (χ1) is 10.4. The van der Waals surface area contributed by atoms with Crippen LogP contribution < -0.4 is 0 Å². The van der Waals surface area contributed by atoms with E-state index in [-0.39, 0.29) is 17.9 Å². The van der Waals surface area contributed by atoms with Crippen LogP contribution in [0.1, 0.15) is 39.6 Å². The third kappa shape index (κ3) is 3.17. The largest absolute Gasteiger partial charge is 0.461 e. The molecular weight excluding hydrogens is 375 g/mol. The van der Waals surface area contributed by atoms with E-state index < -0.39 is 17.2 Å². The number of carbonyl (C=O) groups excluding carboxylic acids is 1. The lowest BCUT2D eigenvalue weighted by atomic mass is 10.0. The molecule has 0 amide bonds. The first-order valence-electron chi connectivity index (χ1n) is 6.66. The molecule has 0 saturated carbocycles. The van der Waals surface area contributed by atoms with Gasteiger partial charge in [0.05, 0.1) is 12.0 Å². The van der Waals surface area contributed by atoms with E-state index in [1.807, 2.05) is 0 Å². The van der Waals surface area contributed by atoms with Gasteiger partial charge < -0.3 is 4.74 Å². The summed E-state index contributed by atoms with van der Waals surface area (Å²) in [6.45, 7) is 3.71. The van der Waals surface area contributed by atoms with Crippen molar-refractivity contribution in [3.05, 3.63) is 51.0 Å². The van der Waals surface area contributed by atoms with Crippen LogP contribution in [0.3, 0.4) is 0 Å². The number of aryl methyl sites for hydroxylation is 1. The van der Waals surface area contributed by atoms with Gasteiger partial charge in [0.15, 0.2) is 5.69 Å². The Morgan fingerprint density at radius 1 is 1.55 bits per heavy atom. The number of benzene rings is 1. The fourth-order valence-electron chi connectivity index (χ4n) is 2.14. The highest BCUT2D eigenvalue weighted by Crippen LogP contribution is 2.35. The molecule has 1 aromatic carbocycles. The van der Waals surface area contributed by atoms with Crippen molar-refractivity contribution < 1.29 is 13.9 Å². The Labute approximate surface area is 141 Å². The number of esters is 1. The average molecular weight is 390 g/mol. The van der Waals surface area contributed by atoms with Gasteiger partial charge in [0.1, 0.15) is 5.82 Å². The van der Waals surface area contributed by atoms with Gasteiger partial charge in [-0.2, -0.15) is 5.10 Å². The van der Waals surface area contributed by atoms with Crippen molar-refractivity contribution in [2.45, 2.75) is 19.2 Å². The Morgan fingerprint density at radius 3 is 2.82 bits per heavy atom. The third-order valence-electron chi connectivity index (χ3n) is 3.34. The Balaban J connectivity index is 2.53. The van der Waals surface area contributed by atoms with Gasteiger partial charge in [0, 0.05) is 28.3 Å². The number of ether oxygens (including phenoxy) is 1. The Bertz CT molecular complexity index is 718. The van der Waals surface area contributed by atoms with E-state index in [1.165, 1.54) is 10.7 Å². The lowest BCUT2D eigenvalue weighted by Gasteiger charge is -2.13. The maximum Gasteiger partial charge on any atom is 0.359 e. The SMILES string of the molecule is CCOC(=O)c1nn(C)c(C)c1C(Cl)c1ccc(Br)cc1F. The van der Waals surface area contributed by atoms with Crippen LogP contribution in [0.4, 0.5) is 4.39 Å². The summed E-state index contributed by atoms with van der Waals surface area (Å²) in [5.74, 6) is -1.02. The fraction of sp³-hybridized carbons (Fsp3) is 0.333. The number of hydrogen-bond donors (Lipinski definition) is 0. The molecule has 0 aliphatic heterocycles. The summed E-state index contributed by atoms with van der Waals surface area (Å²) in [5, 5.41) is 3.32. The predicted octanol–water partition coefficient (Wildman–Crippen LogP) is 4.14. The first-order valence-corrected chi connectivity index (χ1v) is 7.89. The molecule has 0 radical (unpaired) electrons. The molecule has 1 atom stereocenters. The van der Waals surface area contributed by atoms with Gasteiger partial charge in [0.2, 0.25) is 0 Å². The van der Waals surface area contributed by atoms with E-state index in [1.54, 1.807) is 33.0 Å². The fourth-order valence-corrected chi connectivity index (χ4v) is 2.91. The number of alkyl halides is 1. The van der Waals surface area contributed by atoms with Crippen molar-refractivity contribution in [1.82, 2.24) is 9.78 Å². The van der Waals surface area contributed by atoms with Gasteiger partial charge >= 0.3 is 5.97 Å². The molecule has 0 aliphatic carbocycles. The molecule has 118 valence electrons. The van der Waals surface area contributed by atoms with Crippen molar-refractivity contribution in [3.8, 4) is 0 Å². The second kappa shape index (κ2) is 6.79. The van der Waals surface area contributed by atoms with E-state index in [9.17, 15) is 9.18 Å². The maximum absolute atomic E-state index is 14.1. The van der Waals surface area contributed by atoms with Gasteiger partial charge in [-0.15, -0.1) is 11.6 Å². The normalized spacial score (nSPS) is 12.3. The Kier molecular flexibility index (Phi) is 5.24. The van der Waals surface area contributed by atoms with Crippen LogP contribution in [-0.2, 0) is 11.8 Å². The summed E-state index contributed by atoms with van der Waals surface area (Å²) in [4.78, 5) is 12.0. The zero-order valence-corrected chi connectivity index (χ0v) is 14.7. The summed E-state index contributed by atoms with van der Waals surface area (Å²) in [5.41, 5.74) is 1.55. The topological polar surface area (TPSA) is 44.1 Å². The van der Waals surface area contributed by atoms with E-state index in [2.05, 4.69) is 21.0 Å². The third-order valence-corrected chi connectivity index (χ3v) is 4.28. The van der Waals surface area contributed by atoms with Crippen LogP contribution in [0.2, 0.25) is 0 Å². The van der Waals surface area contributed by atoms with Crippen molar-refractivity contribution in [2.24, 2.45) is 7.05 Å². The van der Waals surface area contributed by atoms with Crippen molar-refractivity contribution >= 4 is 33.5 Å². The molecule has 2 rings (SSSR count). The Hall–Kier alpha value is -1.40. The lowest BCUT2D eigenvalue weighted by Crippen LogP contribution is -2.10. The van der Waals surface area contributed by atoms with E-state index in [0.717, 1.165) is 0 Å². The van der Waals surface area contributed by atoms with E-state index >= 15 is 0 Å². The minimum Gasteiger partial charge on any atom is -0.461 e. The predicted molar refractivity (Wildman–Crippen MR) is 85.7 cm³/mol. The standard InChI is InChI=1S/C15H15BrClFN2O2/c1-4-22-15(21)14-12(8(2)20(3)19-14)13(17)10-6-5-9(16)7-11(10)18/h5-7,13H,4H2,1-3H3. The van der Waals surface area contributed by atoms with Crippen LogP contribution in [0.15, 0.2) is 22.7 Å². The zero-order valence-electron chi connectivity index (χ0n) is 12.4. The molecule has 7 heteroatoms. The van der Waals surface area contributed by atoms with Crippen LogP contribution in [0.5, 0.6) is 0 Å². The Morgan fingerprint density at radius 2 is 2.23 bits per heavy atom. The minimum absolute atomic E-state index is 0.115. The molecule has 0 bridgehead atoms. The van der Waals surface area contributed by atoms with Crippen LogP contribution in [0.25, 0.3) is 0 Å². The highest BCUT2D eigenvalue weighted by atomic mass is 79.9. The number of aromatic nitrogens is 2.